The van der Waals surface area contributed by atoms with Crippen molar-refractivity contribution in [3.63, 3.8) is 0 Å². The van der Waals surface area contributed by atoms with Crippen molar-refractivity contribution in [1.29, 1.82) is 0 Å². The number of hydrogen-bond acceptors (Lipinski definition) is 8. The van der Waals surface area contributed by atoms with E-state index >= 15 is 0 Å². The van der Waals surface area contributed by atoms with Crippen LogP contribution in [0.25, 0.3) is 22.3 Å². The molecule has 10 nitrogen and oxygen atoms in total. The van der Waals surface area contributed by atoms with E-state index in [2.05, 4.69) is 25.4 Å². The molecule has 0 unspecified atom stereocenters. The maximum Gasteiger partial charge on any atom is 0.221 e. The first-order valence-corrected chi connectivity index (χ1v) is 9.18. The van der Waals surface area contributed by atoms with Crippen LogP contribution in [0.15, 0.2) is 30.6 Å². The monoisotopic (exact) mass is 412 g/mol. The fourth-order valence-electron chi connectivity index (χ4n) is 3.06. The van der Waals surface area contributed by atoms with E-state index in [1.165, 1.54) is 13.2 Å². The number of nitrogens with two attached hydrogens (primary N) is 1. The molecule has 0 spiro atoms. The second-order valence-electron chi connectivity index (χ2n) is 7.43. The number of ether oxygens (including phenoxy) is 1. The van der Waals surface area contributed by atoms with Gasteiger partial charge in [0.1, 0.15) is 16.9 Å². The Morgan fingerprint density at radius 3 is 2.77 bits per heavy atom. The first-order valence-electron chi connectivity index (χ1n) is 9.18. The average molecular weight is 412 g/mol. The van der Waals surface area contributed by atoms with Crippen LogP contribution >= 0.6 is 0 Å². The van der Waals surface area contributed by atoms with Crippen molar-refractivity contribution in [1.82, 2.24) is 34.7 Å². The number of aliphatic hydroxyl groups is 1. The summed E-state index contributed by atoms with van der Waals surface area (Å²) in [4.78, 5) is 8.39. The Bertz CT molecular complexity index is 1220. The van der Waals surface area contributed by atoms with Crippen LogP contribution in [0.2, 0.25) is 0 Å². The van der Waals surface area contributed by atoms with Gasteiger partial charge in [0.15, 0.2) is 11.6 Å². The Morgan fingerprint density at radius 1 is 1.23 bits per heavy atom. The molecule has 0 saturated heterocycles. The van der Waals surface area contributed by atoms with Gasteiger partial charge in [-0.25, -0.2) is 19.0 Å². The lowest BCUT2D eigenvalue weighted by Crippen LogP contribution is -2.31. The fourth-order valence-corrected chi connectivity index (χ4v) is 3.06. The van der Waals surface area contributed by atoms with Gasteiger partial charge in [0, 0.05) is 11.6 Å². The number of aromatic nitrogens is 7. The van der Waals surface area contributed by atoms with Gasteiger partial charge in [-0.05, 0) is 32.0 Å². The number of methoxy groups -OCH3 is 1. The molecule has 30 heavy (non-hydrogen) atoms. The Labute approximate surface area is 171 Å². The molecule has 0 amide bonds. The molecule has 156 valence electrons. The van der Waals surface area contributed by atoms with Gasteiger partial charge in [0.05, 0.1) is 37.7 Å². The molecule has 0 aliphatic rings. The highest BCUT2D eigenvalue weighted by molar-refractivity contribution is 5.95. The smallest absolute Gasteiger partial charge is 0.221 e. The standard InChI is InChI=1S/C19H21FN8O2/c1-19(2,10-29)28-7-6-11(25-28)8-27-9-14(24-26-27)15-12-4-5-13(20)17(30-3)16(12)23-18(21)22-15/h4-7,9,29H,8,10H2,1-3H3,(H2,21,22,23). The summed E-state index contributed by atoms with van der Waals surface area (Å²) in [5, 5.41) is 22.9. The van der Waals surface area contributed by atoms with Crippen LogP contribution in [0.1, 0.15) is 19.5 Å². The largest absolute Gasteiger partial charge is 0.491 e. The topological polar surface area (TPSA) is 130 Å². The third-order valence-corrected chi connectivity index (χ3v) is 4.75. The first-order chi connectivity index (χ1) is 14.3. The highest BCUT2D eigenvalue weighted by Gasteiger charge is 2.21. The van der Waals surface area contributed by atoms with Gasteiger partial charge >= 0.3 is 0 Å². The number of benzene rings is 1. The van der Waals surface area contributed by atoms with E-state index in [9.17, 15) is 9.50 Å². The predicted octanol–water partition coefficient (Wildman–Crippen LogP) is 1.59. The zero-order chi connectivity index (χ0) is 21.5. The van der Waals surface area contributed by atoms with Gasteiger partial charge in [-0.3, -0.25) is 4.68 Å². The molecule has 0 atom stereocenters. The van der Waals surface area contributed by atoms with Crippen molar-refractivity contribution in [3.05, 3.63) is 42.1 Å². The minimum atomic E-state index is -0.543. The van der Waals surface area contributed by atoms with Gasteiger partial charge in [-0.15, -0.1) is 5.10 Å². The number of halogens is 1. The van der Waals surface area contributed by atoms with Crippen LogP contribution in [-0.2, 0) is 12.1 Å². The molecule has 11 heteroatoms. The molecular formula is C19H21FN8O2. The molecule has 0 fully saturated rings. The second-order valence-corrected chi connectivity index (χ2v) is 7.43. The van der Waals surface area contributed by atoms with Crippen molar-refractivity contribution in [3.8, 4) is 17.1 Å². The molecule has 0 aliphatic carbocycles. The Kier molecular flexibility index (Phi) is 4.82. The molecule has 0 bridgehead atoms. The van der Waals surface area contributed by atoms with Crippen LogP contribution in [0, 0.1) is 5.82 Å². The minimum absolute atomic E-state index is 0.00715. The number of aliphatic hydroxyl groups excluding tert-OH is 1. The quantitative estimate of drug-likeness (QED) is 0.488. The molecule has 0 aliphatic heterocycles. The fraction of sp³-hybridized carbons (Fsp3) is 0.316. The summed E-state index contributed by atoms with van der Waals surface area (Å²) >= 11 is 0. The Balaban J connectivity index is 1.69. The second kappa shape index (κ2) is 7.34. The van der Waals surface area contributed by atoms with Gasteiger partial charge in [0.25, 0.3) is 0 Å². The SMILES string of the molecule is COc1c(F)ccc2c(-c3cn(Cc4ccn(C(C)(C)CO)n4)nn3)nc(N)nc12. The molecule has 1 aromatic carbocycles. The molecule has 4 rings (SSSR count). The lowest BCUT2D eigenvalue weighted by Gasteiger charge is -2.22. The molecule has 3 N–H and O–H groups in total. The highest BCUT2D eigenvalue weighted by Crippen LogP contribution is 2.32. The van der Waals surface area contributed by atoms with E-state index in [1.54, 1.807) is 21.6 Å². The van der Waals surface area contributed by atoms with Gasteiger partial charge < -0.3 is 15.6 Å². The van der Waals surface area contributed by atoms with Crippen molar-refractivity contribution < 1.29 is 14.2 Å². The average Bonchev–Trinajstić information content (AvgIpc) is 3.38. The number of nitrogen functional groups attached to an aromatic ring is 1. The van der Waals surface area contributed by atoms with Gasteiger partial charge in [0.2, 0.25) is 5.95 Å². The van der Waals surface area contributed by atoms with Crippen molar-refractivity contribution in [2.45, 2.75) is 25.9 Å². The van der Waals surface area contributed by atoms with Crippen LogP contribution in [-0.4, -0.2) is 53.6 Å². The van der Waals surface area contributed by atoms with E-state index in [4.69, 9.17) is 10.5 Å². The van der Waals surface area contributed by atoms with E-state index in [-0.39, 0.29) is 23.8 Å². The normalized spacial score (nSPS) is 11.9. The third-order valence-electron chi connectivity index (χ3n) is 4.75. The van der Waals surface area contributed by atoms with Crippen molar-refractivity contribution >= 4 is 16.9 Å². The Morgan fingerprint density at radius 2 is 2.03 bits per heavy atom. The molecule has 3 heterocycles. The predicted molar refractivity (Wildman–Crippen MR) is 107 cm³/mol. The van der Waals surface area contributed by atoms with E-state index < -0.39 is 11.4 Å². The lowest BCUT2D eigenvalue weighted by atomic mass is 10.1. The maximum atomic E-state index is 14.1. The van der Waals surface area contributed by atoms with Crippen molar-refractivity contribution in [2.75, 3.05) is 19.5 Å². The summed E-state index contributed by atoms with van der Waals surface area (Å²) < 4.78 is 22.5. The minimum Gasteiger partial charge on any atom is -0.491 e. The van der Waals surface area contributed by atoms with Crippen molar-refractivity contribution in [2.24, 2.45) is 0 Å². The number of rotatable bonds is 6. The summed E-state index contributed by atoms with van der Waals surface area (Å²) in [6, 6.07) is 4.69. The van der Waals surface area contributed by atoms with E-state index in [0.717, 1.165) is 5.69 Å². The number of fused-ring (bicyclic) bond motifs is 1. The maximum absolute atomic E-state index is 14.1. The van der Waals surface area contributed by atoms with Gasteiger partial charge in [-0.1, -0.05) is 5.21 Å². The molecule has 3 aromatic heterocycles. The van der Waals surface area contributed by atoms with E-state index in [1.807, 2.05) is 26.1 Å². The first kappa shape index (κ1) is 19.7. The molecular weight excluding hydrogens is 391 g/mol. The number of anilines is 1. The summed E-state index contributed by atoms with van der Waals surface area (Å²) in [6.45, 7) is 4.12. The summed E-state index contributed by atoms with van der Waals surface area (Å²) in [7, 11) is 1.36. The molecule has 4 aromatic rings. The summed E-state index contributed by atoms with van der Waals surface area (Å²) in [6.07, 6.45) is 3.51. The Hall–Kier alpha value is -3.60. The lowest BCUT2D eigenvalue weighted by molar-refractivity contribution is 0.151. The van der Waals surface area contributed by atoms with Crippen LogP contribution in [0.4, 0.5) is 10.3 Å². The van der Waals surface area contributed by atoms with Crippen LogP contribution in [0.5, 0.6) is 5.75 Å². The van der Waals surface area contributed by atoms with E-state index in [0.29, 0.717) is 23.3 Å². The zero-order valence-corrected chi connectivity index (χ0v) is 16.7. The van der Waals surface area contributed by atoms with Crippen LogP contribution < -0.4 is 10.5 Å². The third kappa shape index (κ3) is 3.43. The molecule has 0 radical (unpaired) electrons. The van der Waals surface area contributed by atoms with Gasteiger partial charge in [-0.2, -0.15) is 5.10 Å². The summed E-state index contributed by atoms with van der Waals surface area (Å²) in [5.41, 5.74) is 7.23. The summed E-state index contributed by atoms with van der Waals surface area (Å²) in [5.74, 6) is -0.577. The number of nitrogens with zero attached hydrogens (tertiary/aromatic N) is 7. The molecule has 0 saturated carbocycles. The van der Waals surface area contributed by atoms with Crippen LogP contribution in [0.3, 0.4) is 0 Å². The number of hydrogen-bond donors (Lipinski definition) is 2. The zero-order valence-electron chi connectivity index (χ0n) is 16.7. The highest BCUT2D eigenvalue weighted by atomic mass is 19.1.